The third-order valence-corrected chi connectivity index (χ3v) is 9.75. The van der Waals surface area contributed by atoms with Crippen LogP contribution in [0.5, 0.6) is 0 Å². The molecule has 1 aromatic heterocycles. The van der Waals surface area contributed by atoms with Crippen molar-refractivity contribution in [1.29, 1.82) is 0 Å². The van der Waals surface area contributed by atoms with Gasteiger partial charge in [0.15, 0.2) is 0 Å². The lowest BCUT2D eigenvalue weighted by molar-refractivity contribution is 0.603. The molecular formula is C39H36N2. The second kappa shape index (κ2) is 9.38. The second-order valence-corrected chi connectivity index (χ2v) is 12.4. The molecule has 2 nitrogen and oxygen atoms in total. The fourth-order valence-electron chi connectivity index (χ4n) is 7.81. The summed E-state index contributed by atoms with van der Waals surface area (Å²) in [6.07, 6.45) is 21.7. The van der Waals surface area contributed by atoms with Gasteiger partial charge in [-0.3, -0.25) is 0 Å². The molecule has 0 spiro atoms. The molecule has 202 valence electrons. The number of aromatic nitrogens is 1. The zero-order valence-corrected chi connectivity index (χ0v) is 24.0. The van der Waals surface area contributed by atoms with Crippen LogP contribution in [-0.2, 0) is 11.8 Å². The van der Waals surface area contributed by atoms with E-state index >= 15 is 0 Å². The van der Waals surface area contributed by atoms with E-state index in [0.29, 0.717) is 5.92 Å². The number of para-hydroxylation sites is 1. The largest absolute Gasteiger partial charge is 0.318 e. The van der Waals surface area contributed by atoms with Crippen molar-refractivity contribution in [3.8, 4) is 5.69 Å². The molecule has 0 saturated heterocycles. The predicted octanol–water partition coefficient (Wildman–Crippen LogP) is 9.92. The Morgan fingerprint density at radius 1 is 0.805 bits per heavy atom. The standard InChI is InChI=1S/C39H36N2/c1-39(2)35-19-11-9-17-31(35)33-25-29(21-23-36(33)39)40(27-13-5-3-6-14-27)30-22-24-38-34(26-30)32-18-10-12-20-37(32)41(38)28-15-7-4-8-16-28/h3-5,7-9,11-13,15-17,19-24,26,33H,6,10,14,18,25H2,1-2H3. The van der Waals surface area contributed by atoms with Gasteiger partial charge in [0.25, 0.3) is 0 Å². The van der Waals surface area contributed by atoms with Crippen molar-refractivity contribution in [2.24, 2.45) is 0 Å². The van der Waals surface area contributed by atoms with Crippen LogP contribution in [0.3, 0.4) is 0 Å². The number of hydrogen-bond donors (Lipinski definition) is 0. The zero-order valence-electron chi connectivity index (χ0n) is 24.0. The molecular weight excluding hydrogens is 496 g/mol. The summed E-state index contributed by atoms with van der Waals surface area (Å²) >= 11 is 0. The number of benzene rings is 3. The fraction of sp³-hybridized carbons (Fsp3) is 0.231. The predicted molar refractivity (Wildman–Crippen MR) is 173 cm³/mol. The van der Waals surface area contributed by atoms with Gasteiger partial charge >= 0.3 is 0 Å². The van der Waals surface area contributed by atoms with E-state index in [1.807, 2.05) is 0 Å². The van der Waals surface area contributed by atoms with Crippen LogP contribution < -0.4 is 4.90 Å². The quantitative estimate of drug-likeness (QED) is 0.254. The minimum absolute atomic E-state index is 0.0762. The van der Waals surface area contributed by atoms with Gasteiger partial charge in [-0.05, 0) is 97.4 Å². The molecule has 1 heterocycles. The highest BCUT2D eigenvalue weighted by Gasteiger charge is 2.43. The lowest BCUT2D eigenvalue weighted by atomic mass is 9.78. The van der Waals surface area contributed by atoms with Crippen LogP contribution in [0.4, 0.5) is 5.69 Å². The minimum Gasteiger partial charge on any atom is -0.318 e. The van der Waals surface area contributed by atoms with Gasteiger partial charge < -0.3 is 9.47 Å². The minimum atomic E-state index is 0.0762. The summed E-state index contributed by atoms with van der Waals surface area (Å²) in [4.78, 5) is 2.58. The molecule has 0 fully saturated rings. The van der Waals surface area contributed by atoms with Gasteiger partial charge in [0.05, 0.1) is 5.52 Å². The Bertz CT molecular complexity index is 1840. The molecule has 4 aromatic rings. The van der Waals surface area contributed by atoms with Crippen LogP contribution in [0.25, 0.3) is 22.7 Å². The number of rotatable bonds is 4. The van der Waals surface area contributed by atoms with E-state index in [4.69, 9.17) is 0 Å². The van der Waals surface area contributed by atoms with E-state index in [1.165, 1.54) is 56.1 Å². The summed E-state index contributed by atoms with van der Waals surface area (Å²) in [5.41, 5.74) is 14.0. The lowest BCUT2D eigenvalue weighted by Crippen LogP contribution is -2.26. The lowest BCUT2D eigenvalue weighted by Gasteiger charge is -2.35. The highest BCUT2D eigenvalue weighted by atomic mass is 15.2. The first-order valence-corrected chi connectivity index (χ1v) is 15.2. The number of aryl methyl sites for hydroxylation is 1. The molecule has 0 saturated carbocycles. The summed E-state index contributed by atoms with van der Waals surface area (Å²) in [7, 11) is 0. The summed E-state index contributed by atoms with van der Waals surface area (Å²) in [6.45, 7) is 4.79. The van der Waals surface area contributed by atoms with Crippen molar-refractivity contribution in [3.63, 3.8) is 0 Å². The van der Waals surface area contributed by atoms with Crippen LogP contribution in [0.15, 0.2) is 126 Å². The molecule has 4 aliphatic carbocycles. The van der Waals surface area contributed by atoms with Crippen LogP contribution in [0.1, 0.15) is 67.8 Å². The SMILES string of the molecule is CC1(C)C2=CC=C(N(C3=CC=CCC3)c3ccc4c(c3)c3c(n4-c4ccccc4)C=CCC3)CC2c2ccccc21. The van der Waals surface area contributed by atoms with Gasteiger partial charge in [0, 0.05) is 45.2 Å². The van der Waals surface area contributed by atoms with E-state index < -0.39 is 0 Å². The Hall–Kier alpha value is -4.30. The molecule has 8 rings (SSSR count). The number of allylic oxidation sites excluding steroid dienone is 9. The molecule has 0 aliphatic heterocycles. The number of nitrogens with zero attached hydrogens (tertiary/aromatic N) is 2. The van der Waals surface area contributed by atoms with Crippen molar-refractivity contribution < 1.29 is 0 Å². The molecule has 0 radical (unpaired) electrons. The molecule has 3 aromatic carbocycles. The van der Waals surface area contributed by atoms with Crippen LogP contribution in [-0.4, -0.2) is 4.57 Å². The molecule has 41 heavy (non-hydrogen) atoms. The average molecular weight is 533 g/mol. The summed E-state index contributed by atoms with van der Waals surface area (Å²) in [5.74, 6) is 0.434. The van der Waals surface area contributed by atoms with Gasteiger partial charge in [0.2, 0.25) is 0 Å². The second-order valence-electron chi connectivity index (χ2n) is 12.4. The third-order valence-electron chi connectivity index (χ3n) is 9.75. The Morgan fingerprint density at radius 2 is 1.63 bits per heavy atom. The fourth-order valence-corrected chi connectivity index (χ4v) is 7.81. The van der Waals surface area contributed by atoms with Crippen LogP contribution in [0, 0.1) is 0 Å². The van der Waals surface area contributed by atoms with Gasteiger partial charge in [-0.2, -0.15) is 0 Å². The van der Waals surface area contributed by atoms with E-state index in [-0.39, 0.29) is 5.41 Å². The van der Waals surface area contributed by atoms with E-state index in [1.54, 1.807) is 5.57 Å². The average Bonchev–Trinajstić information content (AvgIpc) is 3.47. The molecule has 1 atom stereocenters. The summed E-state index contributed by atoms with van der Waals surface area (Å²) < 4.78 is 2.45. The molecule has 1 unspecified atom stereocenters. The molecule has 0 bridgehead atoms. The van der Waals surface area contributed by atoms with E-state index in [9.17, 15) is 0 Å². The Kier molecular flexibility index (Phi) is 5.60. The van der Waals surface area contributed by atoms with Gasteiger partial charge in [0.1, 0.15) is 0 Å². The van der Waals surface area contributed by atoms with Gasteiger partial charge in [-0.25, -0.2) is 0 Å². The highest BCUT2D eigenvalue weighted by Crippen LogP contribution is 2.54. The molecule has 2 heteroatoms. The van der Waals surface area contributed by atoms with Crippen molar-refractivity contribution in [1.82, 2.24) is 4.57 Å². The molecule has 0 N–H and O–H groups in total. The smallest absolute Gasteiger partial charge is 0.0539 e. The first kappa shape index (κ1) is 24.5. The van der Waals surface area contributed by atoms with Crippen molar-refractivity contribution in [3.05, 3.63) is 149 Å². The molecule has 4 aliphatic rings. The number of hydrogen-bond acceptors (Lipinski definition) is 1. The number of anilines is 1. The van der Waals surface area contributed by atoms with E-state index in [0.717, 1.165) is 32.1 Å². The first-order valence-electron chi connectivity index (χ1n) is 15.2. The maximum Gasteiger partial charge on any atom is 0.0539 e. The van der Waals surface area contributed by atoms with Gasteiger partial charge in [-0.1, -0.05) is 86.2 Å². The van der Waals surface area contributed by atoms with Crippen LogP contribution in [0.2, 0.25) is 0 Å². The third kappa shape index (κ3) is 3.77. The maximum absolute atomic E-state index is 2.58. The maximum atomic E-state index is 2.58. The Labute approximate surface area is 243 Å². The summed E-state index contributed by atoms with van der Waals surface area (Å²) in [6, 6.07) is 27.1. The van der Waals surface area contributed by atoms with E-state index in [2.05, 4.69) is 139 Å². The monoisotopic (exact) mass is 532 g/mol. The normalized spacial score (nSPS) is 20.1. The van der Waals surface area contributed by atoms with Crippen molar-refractivity contribution in [2.45, 2.75) is 57.3 Å². The first-order chi connectivity index (χ1) is 20.1. The topological polar surface area (TPSA) is 8.17 Å². The Balaban J connectivity index is 1.28. The Morgan fingerprint density at radius 3 is 2.49 bits per heavy atom. The van der Waals surface area contributed by atoms with Crippen LogP contribution >= 0.6 is 0 Å². The number of fused-ring (bicyclic) bond motifs is 6. The van der Waals surface area contributed by atoms with Gasteiger partial charge in [-0.15, -0.1) is 0 Å². The highest BCUT2D eigenvalue weighted by molar-refractivity contribution is 5.93. The van der Waals surface area contributed by atoms with Crippen molar-refractivity contribution >= 4 is 22.7 Å². The zero-order chi connectivity index (χ0) is 27.6. The summed E-state index contributed by atoms with van der Waals surface area (Å²) in [5, 5.41) is 1.38. The molecule has 0 amide bonds. The van der Waals surface area contributed by atoms with Crippen molar-refractivity contribution in [2.75, 3.05) is 4.90 Å².